The molecule has 1 amide bonds. The molecule has 1 heterocycles. The highest BCUT2D eigenvalue weighted by Crippen LogP contribution is 2.71. The van der Waals surface area contributed by atoms with Crippen molar-refractivity contribution in [3.63, 3.8) is 0 Å². The third-order valence-electron chi connectivity index (χ3n) is 5.84. The van der Waals surface area contributed by atoms with Gasteiger partial charge >= 0.3 is 0 Å². The van der Waals surface area contributed by atoms with Crippen LogP contribution in [0.4, 0.5) is 0 Å². The minimum Gasteiger partial charge on any atom is -0.489 e. The lowest BCUT2D eigenvalue weighted by atomic mass is 9.91. The maximum absolute atomic E-state index is 12.7. The predicted molar refractivity (Wildman–Crippen MR) is 92.5 cm³/mol. The minimum absolute atomic E-state index is 0.0752. The molecule has 1 spiro atoms. The zero-order chi connectivity index (χ0) is 17.5. The summed E-state index contributed by atoms with van der Waals surface area (Å²) >= 11 is 6.29. The fraction of sp³-hybridized carbons (Fsp3) is 0.579. The van der Waals surface area contributed by atoms with Crippen LogP contribution in [0.25, 0.3) is 0 Å². The van der Waals surface area contributed by atoms with E-state index in [1.54, 1.807) is 6.07 Å². The summed E-state index contributed by atoms with van der Waals surface area (Å²) in [6.45, 7) is 1.49. The Hall–Kier alpha value is -1.93. The number of carbonyl (C=O) groups excluding carboxylic acids is 1. The molecule has 1 aliphatic heterocycles. The summed E-state index contributed by atoms with van der Waals surface area (Å²) in [6, 6.07) is 5.94. The van der Waals surface area contributed by atoms with Gasteiger partial charge in [0.05, 0.1) is 24.3 Å². The van der Waals surface area contributed by atoms with Crippen molar-refractivity contribution < 1.29 is 14.3 Å². The highest BCUT2D eigenvalue weighted by Gasteiger charge is 2.72. The van der Waals surface area contributed by atoms with Gasteiger partial charge in [0.2, 0.25) is 5.91 Å². The minimum atomic E-state index is -0.835. The molecule has 1 unspecified atom stereocenters. The van der Waals surface area contributed by atoms with Gasteiger partial charge in [-0.15, -0.1) is 0 Å². The number of ether oxygens (including phenoxy) is 2. The van der Waals surface area contributed by atoms with Gasteiger partial charge in [-0.05, 0) is 37.0 Å². The van der Waals surface area contributed by atoms with Gasteiger partial charge < -0.3 is 14.8 Å². The maximum Gasteiger partial charge on any atom is 0.241 e. The molecule has 2 fully saturated rings. The molecule has 2 aliphatic carbocycles. The van der Waals surface area contributed by atoms with Crippen LogP contribution < -0.4 is 14.8 Å². The van der Waals surface area contributed by atoms with Gasteiger partial charge in [-0.1, -0.05) is 24.4 Å². The lowest BCUT2D eigenvalue weighted by molar-refractivity contribution is -0.125. The zero-order valence-corrected chi connectivity index (χ0v) is 14.8. The number of benzene rings is 1. The van der Waals surface area contributed by atoms with Gasteiger partial charge in [-0.25, -0.2) is 0 Å². The number of carbonyl (C=O) groups is 1. The summed E-state index contributed by atoms with van der Waals surface area (Å²) in [5, 5.41) is 13.0. The first-order valence-corrected chi connectivity index (χ1v) is 9.26. The molecule has 3 aliphatic rings. The van der Waals surface area contributed by atoms with Crippen LogP contribution >= 0.6 is 11.6 Å². The van der Waals surface area contributed by atoms with E-state index in [1.165, 1.54) is 0 Å². The molecule has 1 aromatic carbocycles. The first-order chi connectivity index (χ1) is 12.1. The molecule has 25 heavy (non-hydrogen) atoms. The first kappa shape index (κ1) is 16.5. The van der Waals surface area contributed by atoms with E-state index in [0.29, 0.717) is 42.7 Å². The van der Waals surface area contributed by atoms with Gasteiger partial charge in [0.1, 0.15) is 5.41 Å². The van der Waals surface area contributed by atoms with E-state index in [0.717, 1.165) is 37.7 Å². The number of nitriles is 1. The van der Waals surface area contributed by atoms with Gasteiger partial charge in [-0.2, -0.15) is 5.26 Å². The molecule has 0 saturated heterocycles. The Morgan fingerprint density at radius 3 is 2.76 bits per heavy atom. The maximum atomic E-state index is 12.7. The fourth-order valence-electron chi connectivity index (χ4n) is 4.37. The summed E-state index contributed by atoms with van der Waals surface area (Å²) in [5.74, 6) is 1.03. The van der Waals surface area contributed by atoms with E-state index in [-0.39, 0.29) is 11.3 Å². The van der Waals surface area contributed by atoms with Crippen LogP contribution in [-0.4, -0.2) is 19.1 Å². The molecule has 6 heteroatoms. The molecule has 4 rings (SSSR count). The van der Waals surface area contributed by atoms with E-state index < -0.39 is 5.41 Å². The van der Waals surface area contributed by atoms with E-state index in [4.69, 9.17) is 21.1 Å². The average molecular weight is 361 g/mol. The molecule has 1 aromatic rings. The van der Waals surface area contributed by atoms with Crippen molar-refractivity contribution in [3.8, 4) is 17.6 Å². The number of nitrogens with one attached hydrogen (secondary N) is 1. The van der Waals surface area contributed by atoms with Crippen LogP contribution in [0.15, 0.2) is 12.1 Å². The Morgan fingerprint density at radius 1 is 1.24 bits per heavy atom. The smallest absolute Gasteiger partial charge is 0.241 e. The number of halogens is 1. The van der Waals surface area contributed by atoms with Crippen LogP contribution in [0, 0.1) is 22.2 Å². The molecule has 1 atom stereocenters. The van der Waals surface area contributed by atoms with Crippen molar-refractivity contribution in [2.75, 3.05) is 13.2 Å². The number of amides is 1. The molecular weight excluding hydrogens is 340 g/mol. The SMILES string of the molecule is N#CC1(C(=O)NCc2cc(Cl)c3c(c2)OCCCO3)CC12CCCC2. The second-order valence-electron chi connectivity index (χ2n) is 7.32. The second-order valence-corrected chi connectivity index (χ2v) is 7.73. The van der Waals surface area contributed by atoms with Crippen molar-refractivity contribution in [2.45, 2.75) is 45.1 Å². The topological polar surface area (TPSA) is 71.4 Å². The van der Waals surface area contributed by atoms with Crippen LogP contribution in [0.2, 0.25) is 5.02 Å². The van der Waals surface area contributed by atoms with Gasteiger partial charge in [-0.3, -0.25) is 4.79 Å². The van der Waals surface area contributed by atoms with Gasteiger partial charge in [0.25, 0.3) is 0 Å². The summed E-state index contributed by atoms with van der Waals surface area (Å²) in [4.78, 5) is 12.7. The Labute approximate surface area is 152 Å². The van der Waals surface area contributed by atoms with Crippen molar-refractivity contribution in [1.82, 2.24) is 5.32 Å². The third-order valence-corrected chi connectivity index (χ3v) is 6.12. The van der Waals surface area contributed by atoms with E-state index in [2.05, 4.69) is 11.4 Å². The van der Waals surface area contributed by atoms with Gasteiger partial charge in [0.15, 0.2) is 11.5 Å². The predicted octanol–water partition coefficient (Wildman–Crippen LogP) is 3.59. The Bertz CT molecular complexity index is 752. The number of nitrogens with zero attached hydrogens (tertiary/aromatic N) is 1. The molecular formula is C19H21ClN2O3. The van der Waals surface area contributed by atoms with Crippen molar-refractivity contribution >= 4 is 17.5 Å². The van der Waals surface area contributed by atoms with Crippen LogP contribution in [-0.2, 0) is 11.3 Å². The number of hydrogen-bond acceptors (Lipinski definition) is 4. The quantitative estimate of drug-likeness (QED) is 0.894. The molecule has 5 nitrogen and oxygen atoms in total. The summed E-state index contributed by atoms with van der Waals surface area (Å²) < 4.78 is 11.3. The molecule has 0 bridgehead atoms. The van der Waals surface area contributed by atoms with Gasteiger partial charge in [0, 0.05) is 18.4 Å². The Kier molecular flexibility index (Phi) is 4.04. The van der Waals surface area contributed by atoms with Crippen molar-refractivity contribution in [1.29, 1.82) is 5.26 Å². The summed E-state index contributed by atoms with van der Waals surface area (Å²) in [7, 11) is 0. The lowest BCUT2D eigenvalue weighted by Gasteiger charge is -2.16. The van der Waals surface area contributed by atoms with Crippen LogP contribution in [0.3, 0.4) is 0 Å². The molecule has 1 N–H and O–H groups in total. The van der Waals surface area contributed by atoms with Crippen molar-refractivity contribution in [2.24, 2.45) is 10.8 Å². The standard InChI is InChI=1S/C19H21ClN2O3/c20-14-8-13(9-15-16(14)25-7-3-6-24-15)10-22-17(23)19(12-21)11-18(19)4-1-2-5-18/h8-9H,1-7,10-11H2,(H,22,23). The van der Waals surface area contributed by atoms with E-state index >= 15 is 0 Å². The Balaban J connectivity index is 1.47. The van der Waals surface area contributed by atoms with E-state index in [1.807, 2.05) is 6.07 Å². The number of fused-ring (bicyclic) bond motifs is 1. The zero-order valence-electron chi connectivity index (χ0n) is 14.1. The molecule has 132 valence electrons. The average Bonchev–Trinajstić information content (AvgIpc) is 3.12. The van der Waals surface area contributed by atoms with Crippen LogP contribution in [0.1, 0.15) is 44.1 Å². The third kappa shape index (κ3) is 2.64. The Morgan fingerprint density at radius 2 is 2.00 bits per heavy atom. The first-order valence-electron chi connectivity index (χ1n) is 8.88. The normalized spacial score (nSPS) is 25.9. The second kappa shape index (κ2) is 6.10. The van der Waals surface area contributed by atoms with E-state index in [9.17, 15) is 10.1 Å². The fourth-order valence-corrected chi connectivity index (χ4v) is 4.66. The molecule has 0 aromatic heterocycles. The monoisotopic (exact) mass is 360 g/mol. The highest BCUT2D eigenvalue weighted by molar-refractivity contribution is 6.32. The lowest BCUT2D eigenvalue weighted by Crippen LogP contribution is -2.34. The van der Waals surface area contributed by atoms with Crippen molar-refractivity contribution in [3.05, 3.63) is 22.7 Å². The summed E-state index contributed by atoms with van der Waals surface area (Å²) in [6.07, 6.45) is 5.73. The highest BCUT2D eigenvalue weighted by atomic mass is 35.5. The molecule has 2 saturated carbocycles. The summed E-state index contributed by atoms with van der Waals surface area (Å²) in [5.41, 5.74) is -0.0657. The number of rotatable bonds is 3. The largest absolute Gasteiger partial charge is 0.489 e. The number of hydrogen-bond donors (Lipinski definition) is 1. The van der Waals surface area contributed by atoms with Crippen LogP contribution in [0.5, 0.6) is 11.5 Å². The molecule has 0 radical (unpaired) electrons.